The summed E-state index contributed by atoms with van der Waals surface area (Å²) in [6.45, 7) is 1.07. The zero-order valence-corrected chi connectivity index (χ0v) is 17.6. The molecule has 1 N–H and O–H groups in total. The molecule has 9 heteroatoms. The highest BCUT2D eigenvalue weighted by Gasteiger charge is 2.35. The van der Waals surface area contributed by atoms with E-state index in [1.165, 1.54) is 4.90 Å². The number of rotatable bonds is 9. The van der Waals surface area contributed by atoms with Gasteiger partial charge >= 0.3 is 0 Å². The van der Waals surface area contributed by atoms with Gasteiger partial charge in [-0.1, -0.05) is 21.1 Å². The Morgan fingerprint density at radius 2 is 2.04 bits per heavy atom. The summed E-state index contributed by atoms with van der Waals surface area (Å²) >= 11 is 3.42. The Balaban J connectivity index is 1.71. The first-order valence-corrected chi connectivity index (χ1v) is 10.0. The van der Waals surface area contributed by atoms with Crippen LogP contribution in [0.2, 0.25) is 0 Å². The number of hydrogen-bond donors (Lipinski definition) is 1. The monoisotopic (exact) mass is 449 g/mol. The molecule has 1 heterocycles. The lowest BCUT2D eigenvalue weighted by Crippen LogP contribution is -2.39. The third-order valence-corrected chi connectivity index (χ3v) is 5.05. The second kappa shape index (κ2) is 9.29. The molecule has 2 amide bonds. The number of carbonyl (C=O) groups excluding carboxylic acids is 2. The number of likely N-dealkylation sites (N-methyl/N-ethyl adjacent to an activating group) is 1. The molecule has 0 radical (unpaired) electrons. The summed E-state index contributed by atoms with van der Waals surface area (Å²) in [4.78, 5) is 26.3. The number of methoxy groups -OCH3 is 1. The largest absolute Gasteiger partial charge is 0.385 e. The smallest absolute Gasteiger partial charge is 0.276 e. The standard InChI is InChI=1S/C19H24BrN5O3/c1-24(12-16(26)21-10-3-11-28-2)19(27)17-18(13-4-5-13)25(23-22-17)15-8-6-14(20)7-9-15/h6-9,13H,3-5,10-12H2,1-2H3,(H,21,26). The third-order valence-electron chi connectivity index (χ3n) is 4.52. The van der Waals surface area contributed by atoms with Gasteiger partial charge in [0.2, 0.25) is 5.91 Å². The number of ether oxygens (including phenoxy) is 1. The molecule has 150 valence electrons. The Hall–Kier alpha value is -2.26. The Morgan fingerprint density at radius 3 is 2.68 bits per heavy atom. The molecule has 28 heavy (non-hydrogen) atoms. The number of hydrogen-bond acceptors (Lipinski definition) is 5. The van der Waals surface area contributed by atoms with E-state index in [2.05, 4.69) is 31.6 Å². The molecular formula is C19H24BrN5O3. The molecule has 1 aromatic heterocycles. The van der Waals surface area contributed by atoms with E-state index >= 15 is 0 Å². The predicted molar refractivity (Wildman–Crippen MR) is 107 cm³/mol. The maximum atomic E-state index is 12.9. The highest BCUT2D eigenvalue weighted by atomic mass is 79.9. The van der Waals surface area contributed by atoms with E-state index in [9.17, 15) is 9.59 Å². The van der Waals surface area contributed by atoms with Crippen LogP contribution in [0.15, 0.2) is 28.7 Å². The van der Waals surface area contributed by atoms with Crippen LogP contribution in [0.3, 0.4) is 0 Å². The van der Waals surface area contributed by atoms with Gasteiger partial charge in [-0.3, -0.25) is 9.59 Å². The van der Waals surface area contributed by atoms with Crippen LogP contribution in [0.5, 0.6) is 0 Å². The first kappa shape index (κ1) is 20.5. The lowest BCUT2D eigenvalue weighted by atomic mass is 10.2. The molecule has 0 spiro atoms. The second-order valence-electron chi connectivity index (χ2n) is 6.84. The maximum Gasteiger partial charge on any atom is 0.276 e. The third kappa shape index (κ3) is 4.96. The Kier molecular flexibility index (Phi) is 6.79. The van der Waals surface area contributed by atoms with E-state index in [1.54, 1.807) is 18.8 Å². The zero-order valence-electron chi connectivity index (χ0n) is 16.0. The van der Waals surface area contributed by atoms with Gasteiger partial charge in [0.1, 0.15) is 0 Å². The van der Waals surface area contributed by atoms with E-state index in [-0.39, 0.29) is 24.3 Å². The summed E-state index contributed by atoms with van der Waals surface area (Å²) in [6, 6.07) is 7.70. The number of nitrogens with zero attached hydrogens (tertiary/aromatic N) is 4. The molecule has 1 aromatic carbocycles. The van der Waals surface area contributed by atoms with Gasteiger partial charge in [0, 0.05) is 37.7 Å². The minimum atomic E-state index is -0.294. The molecule has 0 aliphatic heterocycles. The zero-order chi connectivity index (χ0) is 20.1. The van der Waals surface area contributed by atoms with Crippen molar-refractivity contribution >= 4 is 27.7 Å². The van der Waals surface area contributed by atoms with Crippen molar-refractivity contribution in [1.82, 2.24) is 25.2 Å². The van der Waals surface area contributed by atoms with Gasteiger partial charge in [-0.2, -0.15) is 0 Å². The summed E-state index contributed by atoms with van der Waals surface area (Å²) < 4.78 is 7.65. The lowest BCUT2D eigenvalue weighted by Gasteiger charge is -2.16. The first-order chi connectivity index (χ1) is 13.5. The van der Waals surface area contributed by atoms with Crippen LogP contribution in [-0.2, 0) is 9.53 Å². The van der Waals surface area contributed by atoms with Crippen molar-refractivity contribution in [3.05, 3.63) is 40.1 Å². The van der Waals surface area contributed by atoms with E-state index in [4.69, 9.17) is 4.74 Å². The Morgan fingerprint density at radius 1 is 1.32 bits per heavy atom. The van der Waals surface area contributed by atoms with Gasteiger partial charge in [0.05, 0.1) is 17.9 Å². The van der Waals surface area contributed by atoms with Crippen molar-refractivity contribution in [2.45, 2.75) is 25.2 Å². The molecule has 0 bridgehead atoms. The summed E-state index contributed by atoms with van der Waals surface area (Å²) in [5, 5.41) is 11.2. The van der Waals surface area contributed by atoms with Gasteiger partial charge in [0.25, 0.3) is 5.91 Å². The number of nitrogens with one attached hydrogen (secondary N) is 1. The number of amides is 2. The lowest BCUT2D eigenvalue weighted by molar-refractivity contribution is -0.121. The van der Waals surface area contributed by atoms with Crippen LogP contribution < -0.4 is 5.32 Å². The highest BCUT2D eigenvalue weighted by molar-refractivity contribution is 9.10. The van der Waals surface area contributed by atoms with Gasteiger partial charge in [-0.25, -0.2) is 4.68 Å². The Labute approximate surface area is 172 Å². The average molecular weight is 450 g/mol. The second-order valence-corrected chi connectivity index (χ2v) is 7.76. The molecule has 0 unspecified atom stereocenters. The minimum absolute atomic E-state index is 0.0267. The van der Waals surface area contributed by atoms with Crippen LogP contribution >= 0.6 is 15.9 Å². The average Bonchev–Trinajstić information content (AvgIpc) is 3.43. The number of carbonyl (C=O) groups is 2. The van der Waals surface area contributed by atoms with E-state index < -0.39 is 0 Å². The van der Waals surface area contributed by atoms with Crippen molar-refractivity contribution in [2.24, 2.45) is 0 Å². The van der Waals surface area contributed by atoms with Crippen molar-refractivity contribution in [3.63, 3.8) is 0 Å². The minimum Gasteiger partial charge on any atom is -0.385 e. The number of benzene rings is 1. The van der Waals surface area contributed by atoms with Gasteiger partial charge < -0.3 is 15.0 Å². The molecule has 1 aliphatic carbocycles. The SMILES string of the molecule is COCCCNC(=O)CN(C)C(=O)c1nnn(-c2ccc(Br)cc2)c1C1CC1. The van der Waals surface area contributed by atoms with Crippen LogP contribution in [0.4, 0.5) is 0 Å². The summed E-state index contributed by atoms with van der Waals surface area (Å²) in [6.07, 6.45) is 2.75. The molecule has 1 fully saturated rings. The number of aromatic nitrogens is 3. The van der Waals surface area contributed by atoms with Gasteiger partial charge in [-0.05, 0) is 43.5 Å². The molecule has 0 saturated heterocycles. The van der Waals surface area contributed by atoms with Crippen molar-refractivity contribution in [1.29, 1.82) is 0 Å². The fraction of sp³-hybridized carbons (Fsp3) is 0.474. The molecule has 2 aromatic rings. The van der Waals surface area contributed by atoms with Crippen LogP contribution in [0.25, 0.3) is 5.69 Å². The Bertz CT molecular complexity index is 833. The van der Waals surface area contributed by atoms with E-state index in [1.807, 2.05) is 24.3 Å². The molecule has 3 rings (SSSR count). The fourth-order valence-electron chi connectivity index (χ4n) is 2.91. The van der Waals surface area contributed by atoms with Gasteiger partial charge in [0.15, 0.2) is 5.69 Å². The maximum absolute atomic E-state index is 12.9. The van der Waals surface area contributed by atoms with Crippen molar-refractivity contribution in [3.8, 4) is 5.69 Å². The topological polar surface area (TPSA) is 89.3 Å². The van der Waals surface area contributed by atoms with E-state index in [0.717, 1.165) is 35.1 Å². The first-order valence-electron chi connectivity index (χ1n) is 9.24. The number of halogens is 1. The fourth-order valence-corrected chi connectivity index (χ4v) is 3.17. The quantitative estimate of drug-likeness (QED) is 0.592. The highest BCUT2D eigenvalue weighted by Crippen LogP contribution is 2.42. The summed E-state index contributed by atoms with van der Waals surface area (Å²) in [5.41, 5.74) is 2.00. The normalized spacial score (nSPS) is 13.4. The molecule has 1 saturated carbocycles. The van der Waals surface area contributed by atoms with Crippen molar-refractivity contribution < 1.29 is 14.3 Å². The van der Waals surface area contributed by atoms with Crippen LogP contribution in [-0.4, -0.2) is 65.6 Å². The molecular weight excluding hydrogens is 426 g/mol. The van der Waals surface area contributed by atoms with E-state index in [0.29, 0.717) is 18.8 Å². The predicted octanol–water partition coefficient (Wildman–Crippen LogP) is 2.13. The molecule has 0 atom stereocenters. The van der Waals surface area contributed by atoms with Crippen molar-refractivity contribution in [2.75, 3.05) is 33.9 Å². The van der Waals surface area contributed by atoms with Crippen LogP contribution in [0, 0.1) is 0 Å². The summed E-state index contributed by atoms with van der Waals surface area (Å²) in [7, 11) is 3.22. The van der Waals surface area contributed by atoms with Crippen LogP contribution in [0.1, 0.15) is 41.4 Å². The summed E-state index contributed by atoms with van der Waals surface area (Å²) in [5.74, 6) is -0.230. The van der Waals surface area contributed by atoms with Gasteiger partial charge in [-0.15, -0.1) is 5.10 Å². The molecule has 1 aliphatic rings. The molecule has 8 nitrogen and oxygen atoms in total.